The Morgan fingerprint density at radius 2 is 0.950 bits per heavy atom. The van der Waals surface area contributed by atoms with Crippen LogP contribution in [0.2, 0.25) is 0 Å². The Labute approximate surface area is 115 Å². The van der Waals surface area contributed by atoms with E-state index >= 15 is 0 Å². The van der Waals surface area contributed by atoms with Crippen LogP contribution in [-0.4, -0.2) is 16.8 Å². The summed E-state index contributed by atoms with van der Waals surface area (Å²) in [5, 5.41) is 10.3. The number of hydrogen-bond donors (Lipinski definition) is 4. The summed E-state index contributed by atoms with van der Waals surface area (Å²) >= 11 is 0. The van der Waals surface area contributed by atoms with E-state index in [-0.39, 0.29) is 31.9 Å². The van der Waals surface area contributed by atoms with Gasteiger partial charge in [0, 0.05) is 22.1 Å². The van der Waals surface area contributed by atoms with Crippen molar-refractivity contribution in [1.29, 1.82) is 0 Å². The molecule has 0 unspecified atom stereocenters. The molecule has 0 saturated carbocycles. The second kappa shape index (κ2) is 4.31. The highest BCUT2D eigenvalue weighted by Gasteiger charge is 2.20. The maximum Gasteiger partial charge on any atom is 0.238 e. The van der Waals surface area contributed by atoms with E-state index in [1.807, 2.05) is 0 Å². The summed E-state index contributed by atoms with van der Waals surface area (Å²) < 4.78 is 46.3. The SMILES string of the molecule is Nc1cc(S(N)(=O)=O)c2cc(N)cc(S(N)(=O)=O)c2c1. The molecule has 0 heterocycles. The van der Waals surface area contributed by atoms with Crippen molar-refractivity contribution in [3.05, 3.63) is 24.3 Å². The van der Waals surface area contributed by atoms with Crippen molar-refractivity contribution >= 4 is 42.2 Å². The van der Waals surface area contributed by atoms with Gasteiger partial charge in [0.1, 0.15) is 0 Å². The van der Waals surface area contributed by atoms with Crippen molar-refractivity contribution < 1.29 is 16.8 Å². The normalized spacial score (nSPS) is 12.7. The van der Waals surface area contributed by atoms with Crippen molar-refractivity contribution in [1.82, 2.24) is 0 Å². The Bertz CT molecular complexity index is 843. The number of fused-ring (bicyclic) bond motifs is 1. The lowest BCUT2D eigenvalue weighted by atomic mass is 10.1. The van der Waals surface area contributed by atoms with Gasteiger partial charge in [0.15, 0.2) is 0 Å². The number of rotatable bonds is 2. The Morgan fingerprint density at radius 1 is 0.650 bits per heavy atom. The molecule has 0 aliphatic rings. The smallest absolute Gasteiger partial charge is 0.238 e. The maximum absolute atomic E-state index is 11.6. The lowest BCUT2D eigenvalue weighted by Gasteiger charge is -2.11. The minimum Gasteiger partial charge on any atom is -0.399 e. The molecular weight excluding hydrogens is 304 g/mol. The number of hydrogen-bond acceptors (Lipinski definition) is 6. The molecule has 8 N–H and O–H groups in total. The van der Waals surface area contributed by atoms with Crippen molar-refractivity contribution in [2.45, 2.75) is 9.79 Å². The van der Waals surface area contributed by atoms with Crippen LogP contribution in [0.4, 0.5) is 11.4 Å². The minimum atomic E-state index is -4.10. The molecule has 0 fully saturated rings. The third-order valence-corrected chi connectivity index (χ3v) is 4.55. The zero-order valence-electron chi connectivity index (χ0n) is 10.1. The number of nitrogen functional groups attached to an aromatic ring is 2. The fourth-order valence-electron chi connectivity index (χ4n) is 1.91. The molecule has 108 valence electrons. The van der Waals surface area contributed by atoms with E-state index < -0.39 is 20.0 Å². The third-order valence-electron chi connectivity index (χ3n) is 2.65. The van der Waals surface area contributed by atoms with Gasteiger partial charge in [-0.3, -0.25) is 0 Å². The van der Waals surface area contributed by atoms with Crippen LogP contribution in [0.5, 0.6) is 0 Å². The van der Waals surface area contributed by atoms with Gasteiger partial charge >= 0.3 is 0 Å². The molecule has 10 heteroatoms. The molecule has 0 amide bonds. The second-order valence-electron chi connectivity index (χ2n) is 4.22. The minimum absolute atomic E-state index is 0.0381. The predicted molar refractivity (Wildman–Crippen MR) is 75.5 cm³/mol. The average Bonchev–Trinajstić information content (AvgIpc) is 2.25. The van der Waals surface area contributed by atoms with Gasteiger partial charge in [-0.05, 0) is 24.3 Å². The molecule has 0 aliphatic heterocycles. The summed E-state index contributed by atoms with van der Waals surface area (Å²) in [4.78, 5) is -0.630. The number of benzene rings is 2. The van der Waals surface area contributed by atoms with Crippen molar-refractivity contribution in [3.8, 4) is 0 Å². The van der Waals surface area contributed by atoms with Gasteiger partial charge in [-0.15, -0.1) is 0 Å². The van der Waals surface area contributed by atoms with E-state index in [1.54, 1.807) is 0 Å². The predicted octanol–water partition coefficient (Wildman–Crippen LogP) is -0.701. The Kier molecular flexibility index (Phi) is 3.13. The van der Waals surface area contributed by atoms with Crippen LogP contribution in [0.1, 0.15) is 0 Å². The van der Waals surface area contributed by atoms with Gasteiger partial charge in [0.05, 0.1) is 9.79 Å². The summed E-state index contributed by atoms with van der Waals surface area (Å²) in [7, 11) is -8.20. The summed E-state index contributed by atoms with van der Waals surface area (Å²) in [5.41, 5.74) is 11.2. The zero-order chi connectivity index (χ0) is 15.3. The standard InChI is InChI=1S/C10H12N4O4S2/c11-5-1-7-8(10(3-5)20(14,17)18)2-6(12)4-9(7)19(13,15)16/h1-4H,11-12H2,(H2,13,15,16)(H2,14,17,18). The lowest BCUT2D eigenvalue weighted by molar-refractivity contribution is 0.596. The molecule has 0 bridgehead atoms. The van der Waals surface area contributed by atoms with Crippen LogP contribution >= 0.6 is 0 Å². The summed E-state index contributed by atoms with van der Waals surface area (Å²) in [6.45, 7) is 0. The number of primary sulfonamides is 2. The van der Waals surface area contributed by atoms with Crippen LogP contribution in [0.15, 0.2) is 34.1 Å². The van der Waals surface area contributed by atoms with Gasteiger partial charge in [-0.25, -0.2) is 27.1 Å². The molecule has 20 heavy (non-hydrogen) atoms. The molecule has 0 aromatic heterocycles. The van der Waals surface area contributed by atoms with E-state index in [9.17, 15) is 16.8 Å². The van der Waals surface area contributed by atoms with Crippen molar-refractivity contribution in [2.75, 3.05) is 11.5 Å². The highest BCUT2D eigenvalue weighted by atomic mass is 32.2. The van der Waals surface area contributed by atoms with Gasteiger partial charge in [-0.2, -0.15) is 0 Å². The van der Waals surface area contributed by atoms with Crippen LogP contribution in [0, 0.1) is 0 Å². The number of sulfonamides is 2. The second-order valence-corrected chi connectivity index (χ2v) is 7.28. The number of anilines is 2. The molecule has 0 aliphatic carbocycles. The molecule has 2 aromatic carbocycles. The van der Waals surface area contributed by atoms with Crippen LogP contribution in [0.25, 0.3) is 10.8 Å². The average molecular weight is 316 g/mol. The topological polar surface area (TPSA) is 172 Å². The Balaban J connectivity index is 3.13. The third kappa shape index (κ3) is 2.54. The van der Waals surface area contributed by atoms with Gasteiger partial charge in [-0.1, -0.05) is 0 Å². The first-order valence-corrected chi connectivity index (χ1v) is 8.28. The molecule has 8 nitrogen and oxygen atoms in total. The number of nitrogens with two attached hydrogens (primary N) is 4. The van der Waals surface area contributed by atoms with Crippen LogP contribution in [0.3, 0.4) is 0 Å². The summed E-state index contributed by atoms with van der Waals surface area (Å²) in [6.07, 6.45) is 0. The first kappa shape index (κ1) is 14.5. The first-order chi connectivity index (χ1) is 9.00. The largest absolute Gasteiger partial charge is 0.399 e. The van der Waals surface area contributed by atoms with Gasteiger partial charge < -0.3 is 11.5 Å². The monoisotopic (exact) mass is 316 g/mol. The molecule has 2 rings (SSSR count). The fourth-order valence-corrected chi connectivity index (χ4v) is 3.46. The van der Waals surface area contributed by atoms with Crippen LogP contribution in [-0.2, 0) is 20.0 Å². The molecule has 0 spiro atoms. The first-order valence-electron chi connectivity index (χ1n) is 5.18. The van der Waals surface area contributed by atoms with Crippen LogP contribution < -0.4 is 21.7 Å². The molecular formula is C10H12N4O4S2. The van der Waals surface area contributed by atoms with E-state index in [0.29, 0.717) is 0 Å². The van der Waals surface area contributed by atoms with Gasteiger partial charge in [0.25, 0.3) is 0 Å². The lowest BCUT2D eigenvalue weighted by Crippen LogP contribution is -2.16. The quantitative estimate of drug-likeness (QED) is 0.533. The molecule has 0 radical (unpaired) electrons. The molecule has 0 atom stereocenters. The van der Waals surface area contributed by atoms with E-state index in [0.717, 1.165) is 12.1 Å². The Hall–Kier alpha value is -1.88. The van der Waals surface area contributed by atoms with E-state index in [2.05, 4.69) is 0 Å². The highest BCUT2D eigenvalue weighted by molar-refractivity contribution is 7.89. The molecule has 2 aromatic rings. The van der Waals surface area contributed by atoms with Crippen molar-refractivity contribution in [3.63, 3.8) is 0 Å². The summed E-state index contributed by atoms with van der Waals surface area (Å²) in [5.74, 6) is 0. The van der Waals surface area contributed by atoms with Crippen molar-refractivity contribution in [2.24, 2.45) is 10.3 Å². The maximum atomic E-state index is 11.6. The van der Waals surface area contributed by atoms with E-state index in [4.69, 9.17) is 21.7 Å². The Morgan fingerprint density at radius 3 is 1.20 bits per heavy atom. The highest BCUT2D eigenvalue weighted by Crippen LogP contribution is 2.32. The summed E-state index contributed by atoms with van der Waals surface area (Å²) in [6, 6.07) is 4.85. The zero-order valence-corrected chi connectivity index (χ0v) is 11.7. The van der Waals surface area contributed by atoms with Gasteiger partial charge in [0.2, 0.25) is 20.0 Å². The van der Waals surface area contributed by atoms with E-state index in [1.165, 1.54) is 12.1 Å². The fraction of sp³-hybridized carbons (Fsp3) is 0. The molecule has 0 saturated heterocycles.